The van der Waals surface area contributed by atoms with Crippen molar-refractivity contribution in [2.45, 2.75) is 46.2 Å². The van der Waals surface area contributed by atoms with Crippen LogP contribution in [0.2, 0.25) is 5.02 Å². The summed E-state index contributed by atoms with van der Waals surface area (Å²) in [4.78, 5) is 38.7. The van der Waals surface area contributed by atoms with Crippen LogP contribution < -0.4 is 25.6 Å². The summed E-state index contributed by atoms with van der Waals surface area (Å²) in [5, 5.41) is 9.50. The average Bonchev–Trinajstić information content (AvgIpc) is 3.07. The number of hydrogen-bond acceptors (Lipinski definition) is 7. The largest absolute Gasteiger partial charge is 0.492 e. The number of aryl methyl sites for hydroxylation is 1. The van der Waals surface area contributed by atoms with Crippen LogP contribution in [0.1, 0.15) is 43.6 Å². The predicted octanol–water partition coefficient (Wildman–Crippen LogP) is 6.98. The number of aromatic nitrogens is 2. The third-order valence-electron chi connectivity index (χ3n) is 7.82. The van der Waals surface area contributed by atoms with E-state index in [1.54, 1.807) is 24.4 Å². The summed E-state index contributed by atoms with van der Waals surface area (Å²) in [5.41, 5.74) is 3.91. The lowest BCUT2D eigenvalue weighted by Crippen LogP contribution is -2.39. The number of nitrogens with one attached hydrogen (secondary N) is 3. The second-order valence-electron chi connectivity index (χ2n) is 11.0. The van der Waals surface area contributed by atoms with Gasteiger partial charge in [-0.05, 0) is 74.0 Å². The zero-order valence-corrected chi connectivity index (χ0v) is 27.0. The van der Waals surface area contributed by atoms with Gasteiger partial charge in [-0.1, -0.05) is 55.8 Å². The van der Waals surface area contributed by atoms with Crippen molar-refractivity contribution in [1.29, 1.82) is 0 Å². The van der Waals surface area contributed by atoms with E-state index in [4.69, 9.17) is 16.3 Å². The first-order valence-corrected chi connectivity index (χ1v) is 16.0. The van der Waals surface area contributed by atoms with Crippen LogP contribution in [-0.2, 0) is 24.3 Å². The molecule has 0 aliphatic carbocycles. The lowest BCUT2D eigenvalue weighted by molar-refractivity contribution is -0.116. The summed E-state index contributed by atoms with van der Waals surface area (Å²) >= 11 is 6.51. The smallest absolute Gasteiger partial charge is 0.327 e. The van der Waals surface area contributed by atoms with Gasteiger partial charge in [0.1, 0.15) is 24.0 Å². The first kappa shape index (κ1) is 32.7. The number of anilines is 4. The van der Waals surface area contributed by atoms with Crippen molar-refractivity contribution in [3.05, 3.63) is 101 Å². The van der Waals surface area contributed by atoms with Crippen molar-refractivity contribution in [1.82, 2.24) is 14.9 Å². The number of fused-ring (bicyclic) bond motifs is 1. The highest BCUT2D eigenvalue weighted by Crippen LogP contribution is 2.33. The molecule has 4 aromatic rings. The molecule has 0 saturated carbocycles. The van der Waals surface area contributed by atoms with E-state index in [0.717, 1.165) is 49.5 Å². The predicted molar refractivity (Wildman–Crippen MR) is 184 cm³/mol. The third-order valence-corrected chi connectivity index (χ3v) is 8.14. The van der Waals surface area contributed by atoms with Crippen molar-refractivity contribution >= 4 is 46.4 Å². The van der Waals surface area contributed by atoms with E-state index in [0.29, 0.717) is 47.6 Å². The van der Waals surface area contributed by atoms with E-state index in [1.165, 1.54) is 10.5 Å². The summed E-state index contributed by atoms with van der Waals surface area (Å²) in [6, 6.07) is 22.6. The minimum atomic E-state index is -0.366. The van der Waals surface area contributed by atoms with Crippen LogP contribution in [-0.4, -0.2) is 53.0 Å². The lowest BCUT2D eigenvalue weighted by Gasteiger charge is -2.29. The van der Waals surface area contributed by atoms with Crippen LogP contribution in [0.5, 0.6) is 5.75 Å². The summed E-state index contributed by atoms with van der Waals surface area (Å²) in [6.07, 6.45) is 3.66. The Hall–Kier alpha value is -4.67. The van der Waals surface area contributed by atoms with Crippen LogP contribution in [0.25, 0.3) is 0 Å². The van der Waals surface area contributed by atoms with E-state index in [-0.39, 0.29) is 18.5 Å². The molecule has 3 N–H and O–H groups in total. The van der Waals surface area contributed by atoms with Crippen molar-refractivity contribution in [2.75, 3.05) is 47.1 Å². The molecule has 0 unspecified atom stereocenters. The topological polar surface area (TPSA) is 112 Å². The highest BCUT2D eigenvalue weighted by atomic mass is 35.5. The van der Waals surface area contributed by atoms with Crippen molar-refractivity contribution in [2.24, 2.45) is 0 Å². The van der Waals surface area contributed by atoms with Gasteiger partial charge in [-0.25, -0.2) is 14.8 Å². The maximum atomic E-state index is 13.2. The highest BCUT2D eigenvalue weighted by Gasteiger charge is 2.27. The van der Waals surface area contributed by atoms with Gasteiger partial charge in [0.2, 0.25) is 5.91 Å². The number of amides is 3. The summed E-state index contributed by atoms with van der Waals surface area (Å²) in [6.45, 7) is 8.47. The Bertz CT molecular complexity index is 1610. The number of nitrogens with zero attached hydrogens (tertiary/aromatic N) is 4. The van der Waals surface area contributed by atoms with Gasteiger partial charge in [-0.3, -0.25) is 15.0 Å². The second kappa shape index (κ2) is 16.1. The average molecular weight is 642 g/mol. The molecule has 1 aliphatic heterocycles. The number of urea groups is 1. The Morgan fingerprint density at radius 3 is 2.57 bits per heavy atom. The Morgan fingerprint density at radius 2 is 1.80 bits per heavy atom. The standard InChI is InChI=1S/C35H40ClN7O3/c1-3-42(4-2)19-20-46-29-16-13-27(14-17-29)37-23-32-38-22-26-24-43(35(45)41-34(26)40-32)31-21-28(15-18-30(31)36)39-33(44)12-8-11-25-9-6-5-7-10-25/h5-7,9-10,13-18,21-22,37H,3-4,8,11-12,19-20,23-24H2,1-2H3,(H,39,44)(H,38,40,41,45). The normalized spacial score (nSPS) is 12.4. The number of carbonyl (C=O) groups excluding carboxylic acids is 2. The molecular weight excluding hydrogens is 602 g/mol. The molecule has 2 heterocycles. The molecule has 46 heavy (non-hydrogen) atoms. The number of likely N-dealkylation sites (N-methyl/N-ethyl adjacent to an activating group) is 1. The van der Waals surface area contributed by atoms with Crippen LogP contribution in [0.3, 0.4) is 0 Å². The zero-order valence-electron chi connectivity index (χ0n) is 26.3. The zero-order chi connectivity index (χ0) is 32.3. The summed E-state index contributed by atoms with van der Waals surface area (Å²) in [5.74, 6) is 1.73. The second-order valence-corrected chi connectivity index (χ2v) is 11.4. The van der Waals surface area contributed by atoms with Crippen molar-refractivity contribution < 1.29 is 14.3 Å². The molecule has 3 aromatic carbocycles. The van der Waals surface area contributed by atoms with Gasteiger partial charge in [-0.15, -0.1) is 0 Å². The molecule has 0 spiro atoms. The minimum Gasteiger partial charge on any atom is -0.492 e. The molecule has 0 bridgehead atoms. The van der Waals surface area contributed by atoms with E-state index in [1.807, 2.05) is 42.5 Å². The molecule has 1 aliphatic rings. The Balaban J connectivity index is 1.14. The molecule has 0 fully saturated rings. The Kier molecular flexibility index (Phi) is 11.4. The molecule has 10 nitrogen and oxygen atoms in total. The number of ether oxygens (including phenoxy) is 1. The van der Waals surface area contributed by atoms with Gasteiger partial charge < -0.3 is 20.3 Å². The number of halogens is 1. The first-order chi connectivity index (χ1) is 22.4. The Labute approximate surface area is 275 Å². The van der Waals surface area contributed by atoms with Gasteiger partial charge >= 0.3 is 6.03 Å². The molecule has 1 aromatic heterocycles. The highest BCUT2D eigenvalue weighted by molar-refractivity contribution is 6.34. The van der Waals surface area contributed by atoms with Gasteiger partial charge in [0, 0.05) is 36.1 Å². The number of carbonyl (C=O) groups is 2. The van der Waals surface area contributed by atoms with E-state index < -0.39 is 0 Å². The van der Waals surface area contributed by atoms with E-state index >= 15 is 0 Å². The molecule has 5 rings (SSSR count). The van der Waals surface area contributed by atoms with Gasteiger partial charge in [-0.2, -0.15) is 0 Å². The fourth-order valence-corrected chi connectivity index (χ4v) is 5.38. The molecule has 0 radical (unpaired) electrons. The number of hydrogen-bond donors (Lipinski definition) is 3. The third kappa shape index (κ3) is 8.95. The maximum absolute atomic E-state index is 13.2. The number of rotatable bonds is 15. The fraction of sp³-hybridized carbons (Fsp3) is 0.314. The number of benzene rings is 3. The fourth-order valence-electron chi connectivity index (χ4n) is 5.16. The van der Waals surface area contributed by atoms with E-state index in [2.05, 4.69) is 56.8 Å². The Morgan fingerprint density at radius 1 is 1.04 bits per heavy atom. The SMILES string of the molecule is CCN(CC)CCOc1ccc(NCc2ncc3c(n2)NC(=O)N(c2cc(NC(=O)CCCc4ccccc4)ccc2Cl)C3)cc1. The first-order valence-electron chi connectivity index (χ1n) is 15.7. The molecule has 240 valence electrons. The molecule has 0 atom stereocenters. The van der Waals surface area contributed by atoms with Crippen LogP contribution >= 0.6 is 11.6 Å². The van der Waals surface area contributed by atoms with Gasteiger partial charge in [0.05, 0.1) is 23.8 Å². The molecule has 11 heteroatoms. The minimum absolute atomic E-state index is 0.0951. The lowest BCUT2D eigenvalue weighted by atomic mass is 10.1. The van der Waals surface area contributed by atoms with Crippen molar-refractivity contribution in [3.63, 3.8) is 0 Å². The van der Waals surface area contributed by atoms with Crippen molar-refractivity contribution in [3.8, 4) is 5.75 Å². The van der Waals surface area contributed by atoms with Gasteiger partial charge in [0.15, 0.2) is 0 Å². The van der Waals surface area contributed by atoms with Crippen LogP contribution in [0, 0.1) is 0 Å². The summed E-state index contributed by atoms with van der Waals surface area (Å²) < 4.78 is 5.86. The summed E-state index contributed by atoms with van der Waals surface area (Å²) in [7, 11) is 0. The quantitative estimate of drug-likeness (QED) is 0.128. The van der Waals surface area contributed by atoms with Crippen LogP contribution in [0.15, 0.2) is 79.0 Å². The monoisotopic (exact) mass is 641 g/mol. The maximum Gasteiger partial charge on any atom is 0.327 e. The van der Waals surface area contributed by atoms with Gasteiger partial charge in [0.25, 0.3) is 0 Å². The van der Waals surface area contributed by atoms with Crippen LogP contribution in [0.4, 0.5) is 27.7 Å². The molecule has 0 saturated heterocycles. The molecule has 3 amide bonds. The molecular formula is C35H40ClN7O3. The van der Waals surface area contributed by atoms with E-state index in [9.17, 15) is 9.59 Å².